The zero-order valence-electron chi connectivity index (χ0n) is 12.4. The van der Waals surface area contributed by atoms with Crippen molar-refractivity contribution in [3.05, 3.63) is 42.4 Å². The minimum absolute atomic E-state index is 0.254. The fourth-order valence-corrected chi connectivity index (χ4v) is 3.05. The Morgan fingerprint density at radius 2 is 1.91 bits per heavy atom. The first-order valence-corrected chi connectivity index (χ1v) is 7.34. The standard InChI is InChI=1S/C16H16N6O/c17-12-3-1-10(2-4-12)13-5-14(11-6-21(7-11)9-23)22-15(13)16(18)19-8-20-22/h1-5,8-9,11H,6-7,17H2,(H2,18,19,20). The first kappa shape index (κ1) is 13.6. The van der Waals surface area contributed by atoms with E-state index in [0.29, 0.717) is 24.6 Å². The van der Waals surface area contributed by atoms with Crippen molar-refractivity contribution >= 4 is 23.4 Å². The van der Waals surface area contributed by atoms with Gasteiger partial charge in [0.2, 0.25) is 6.41 Å². The predicted octanol–water partition coefficient (Wildman–Crippen LogP) is 1.12. The third kappa shape index (κ3) is 2.09. The van der Waals surface area contributed by atoms with Crippen LogP contribution >= 0.6 is 0 Å². The number of fused-ring (bicyclic) bond motifs is 1. The van der Waals surface area contributed by atoms with Crippen molar-refractivity contribution in [2.24, 2.45) is 0 Å². The summed E-state index contributed by atoms with van der Waals surface area (Å²) in [5, 5.41) is 4.35. The molecule has 0 bridgehead atoms. The van der Waals surface area contributed by atoms with Crippen LogP contribution in [0.5, 0.6) is 0 Å². The van der Waals surface area contributed by atoms with Gasteiger partial charge in [0.05, 0.1) is 5.69 Å². The van der Waals surface area contributed by atoms with Crippen molar-refractivity contribution in [1.82, 2.24) is 19.5 Å². The first-order valence-electron chi connectivity index (χ1n) is 7.34. The third-order valence-electron chi connectivity index (χ3n) is 4.31. The summed E-state index contributed by atoms with van der Waals surface area (Å²) in [5.41, 5.74) is 16.4. The van der Waals surface area contributed by atoms with Crippen LogP contribution in [0.15, 0.2) is 36.7 Å². The van der Waals surface area contributed by atoms with Crippen molar-refractivity contribution in [1.29, 1.82) is 0 Å². The van der Waals surface area contributed by atoms with E-state index in [0.717, 1.165) is 28.7 Å². The average molecular weight is 308 g/mol. The lowest BCUT2D eigenvalue weighted by Gasteiger charge is -2.35. The molecule has 0 aliphatic carbocycles. The molecular weight excluding hydrogens is 292 g/mol. The average Bonchev–Trinajstić information content (AvgIpc) is 2.88. The van der Waals surface area contributed by atoms with Crippen molar-refractivity contribution in [2.45, 2.75) is 5.92 Å². The summed E-state index contributed by atoms with van der Waals surface area (Å²) < 4.78 is 1.83. The van der Waals surface area contributed by atoms with Crippen LogP contribution in [0, 0.1) is 0 Å². The van der Waals surface area contributed by atoms with Crippen LogP contribution in [-0.2, 0) is 4.79 Å². The number of amides is 1. The molecule has 3 aromatic rings. The summed E-state index contributed by atoms with van der Waals surface area (Å²) in [6.07, 6.45) is 2.32. The van der Waals surface area contributed by atoms with Crippen LogP contribution in [0.1, 0.15) is 11.6 Å². The number of hydrogen-bond acceptors (Lipinski definition) is 5. The lowest BCUT2D eigenvalue weighted by atomic mass is 9.96. The number of likely N-dealkylation sites (tertiary alicyclic amines) is 1. The molecule has 2 aromatic heterocycles. The Labute approximate surface area is 132 Å². The molecule has 0 spiro atoms. The molecule has 3 heterocycles. The quantitative estimate of drug-likeness (QED) is 0.557. The minimum Gasteiger partial charge on any atom is -0.399 e. The molecule has 1 aliphatic heterocycles. The number of aromatic nitrogens is 3. The van der Waals surface area contributed by atoms with E-state index in [-0.39, 0.29) is 5.92 Å². The summed E-state index contributed by atoms with van der Waals surface area (Å²) in [6, 6.07) is 9.71. The van der Waals surface area contributed by atoms with Gasteiger partial charge in [-0.3, -0.25) is 4.79 Å². The van der Waals surface area contributed by atoms with E-state index in [1.54, 1.807) is 4.90 Å². The number of carbonyl (C=O) groups excluding carboxylic acids is 1. The normalized spacial score (nSPS) is 14.9. The smallest absolute Gasteiger partial charge is 0.209 e. The molecule has 1 saturated heterocycles. The van der Waals surface area contributed by atoms with Crippen molar-refractivity contribution < 1.29 is 4.79 Å². The van der Waals surface area contributed by atoms with Crippen LogP contribution in [0.4, 0.5) is 11.5 Å². The van der Waals surface area contributed by atoms with Gasteiger partial charge >= 0.3 is 0 Å². The van der Waals surface area contributed by atoms with E-state index < -0.39 is 0 Å². The van der Waals surface area contributed by atoms with E-state index >= 15 is 0 Å². The first-order chi connectivity index (χ1) is 11.2. The molecule has 0 saturated carbocycles. The maximum Gasteiger partial charge on any atom is 0.209 e. The molecule has 7 nitrogen and oxygen atoms in total. The molecule has 1 aromatic carbocycles. The van der Waals surface area contributed by atoms with Gasteiger partial charge in [-0.1, -0.05) is 12.1 Å². The molecule has 0 atom stereocenters. The summed E-state index contributed by atoms with van der Waals surface area (Å²) in [7, 11) is 0. The molecule has 4 rings (SSSR count). The molecule has 1 amide bonds. The molecule has 4 N–H and O–H groups in total. The van der Waals surface area contributed by atoms with Gasteiger partial charge in [-0.05, 0) is 23.8 Å². The zero-order valence-corrected chi connectivity index (χ0v) is 12.4. The lowest BCUT2D eigenvalue weighted by molar-refractivity contribution is -0.122. The van der Waals surface area contributed by atoms with Gasteiger partial charge in [0, 0.05) is 30.3 Å². The Bertz CT molecular complexity index is 879. The number of rotatable bonds is 3. The second-order valence-corrected chi connectivity index (χ2v) is 5.77. The third-order valence-corrected chi connectivity index (χ3v) is 4.31. The molecule has 1 aliphatic rings. The number of anilines is 2. The second-order valence-electron chi connectivity index (χ2n) is 5.77. The fourth-order valence-electron chi connectivity index (χ4n) is 3.05. The lowest BCUT2D eigenvalue weighted by Crippen LogP contribution is -2.44. The van der Waals surface area contributed by atoms with E-state index in [4.69, 9.17) is 11.5 Å². The Hall–Kier alpha value is -3.09. The zero-order chi connectivity index (χ0) is 16.0. The summed E-state index contributed by atoms with van der Waals surface area (Å²) in [4.78, 5) is 16.6. The molecule has 0 radical (unpaired) electrons. The SMILES string of the molecule is Nc1ccc(-c2cc(C3CN(C=O)C3)n3ncnc(N)c23)cc1. The maximum absolute atomic E-state index is 10.8. The van der Waals surface area contributed by atoms with E-state index in [1.807, 2.05) is 28.8 Å². The molecule has 23 heavy (non-hydrogen) atoms. The molecule has 1 fully saturated rings. The summed E-state index contributed by atoms with van der Waals surface area (Å²) in [6.45, 7) is 1.39. The van der Waals surface area contributed by atoms with Crippen LogP contribution < -0.4 is 11.5 Å². The van der Waals surface area contributed by atoms with Crippen LogP contribution in [-0.4, -0.2) is 39.0 Å². The fraction of sp³-hybridized carbons (Fsp3) is 0.188. The Morgan fingerprint density at radius 1 is 1.17 bits per heavy atom. The van der Waals surface area contributed by atoms with E-state index in [9.17, 15) is 4.79 Å². The molecule has 116 valence electrons. The van der Waals surface area contributed by atoms with Crippen molar-refractivity contribution in [3.63, 3.8) is 0 Å². The van der Waals surface area contributed by atoms with Gasteiger partial charge in [-0.15, -0.1) is 0 Å². The molecular formula is C16H16N6O. The van der Waals surface area contributed by atoms with Crippen LogP contribution in [0.2, 0.25) is 0 Å². The highest BCUT2D eigenvalue weighted by Gasteiger charge is 2.31. The van der Waals surface area contributed by atoms with Crippen molar-refractivity contribution in [3.8, 4) is 11.1 Å². The largest absolute Gasteiger partial charge is 0.399 e. The highest BCUT2D eigenvalue weighted by atomic mass is 16.1. The topological polar surface area (TPSA) is 103 Å². The summed E-state index contributed by atoms with van der Waals surface area (Å²) in [5.74, 6) is 0.689. The van der Waals surface area contributed by atoms with Gasteiger partial charge in [-0.2, -0.15) is 5.10 Å². The summed E-state index contributed by atoms with van der Waals surface area (Å²) >= 11 is 0. The number of hydrogen-bond donors (Lipinski definition) is 2. The Morgan fingerprint density at radius 3 is 2.61 bits per heavy atom. The van der Waals surface area contributed by atoms with Gasteiger partial charge in [-0.25, -0.2) is 9.50 Å². The monoisotopic (exact) mass is 308 g/mol. The van der Waals surface area contributed by atoms with Crippen molar-refractivity contribution in [2.75, 3.05) is 24.6 Å². The predicted molar refractivity (Wildman–Crippen MR) is 87.6 cm³/mol. The van der Waals surface area contributed by atoms with Gasteiger partial charge in [0.1, 0.15) is 11.8 Å². The number of nitrogens with zero attached hydrogens (tertiary/aromatic N) is 4. The minimum atomic E-state index is 0.254. The van der Waals surface area contributed by atoms with Crippen LogP contribution in [0.25, 0.3) is 16.6 Å². The number of carbonyl (C=O) groups is 1. The highest BCUT2D eigenvalue weighted by molar-refractivity contribution is 5.88. The van der Waals surface area contributed by atoms with E-state index in [2.05, 4.69) is 16.1 Å². The number of nitrogens with two attached hydrogens (primary N) is 2. The van der Waals surface area contributed by atoms with E-state index in [1.165, 1.54) is 6.33 Å². The highest BCUT2D eigenvalue weighted by Crippen LogP contribution is 2.35. The molecule has 7 heteroatoms. The second kappa shape index (κ2) is 4.98. The van der Waals surface area contributed by atoms with Crippen LogP contribution in [0.3, 0.4) is 0 Å². The maximum atomic E-state index is 10.8. The Kier molecular flexibility index (Phi) is 2.94. The number of nitrogen functional groups attached to an aromatic ring is 2. The van der Waals surface area contributed by atoms with Gasteiger partial charge < -0.3 is 16.4 Å². The Balaban J connectivity index is 1.87. The molecule has 0 unspecified atom stereocenters. The van der Waals surface area contributed by atoms with Gasteiger partial charge in [0.25, 0.3) is 0 Å². The van der Waals surface area contributed by atoms with Gasteiger partial charge in [0.15, 0.2) is 5.82 Å². The number of benzene rings is 1.